The van der Waals surface area contributed by atoms with Crippen molar-refractivity contribution < 1.29 is 29.0 Å². The summed E-state index contributed by atoms with van der Waals surface area (Å²) in [6.45, 7) is 2.82. The van der Waals surface area contributed by atoms with E-state index in [1.54, 1.807) is 0 Å². The van der Waals surface area contributed by atoms with E-state index in [1.165, 1.54) is 27.8 Å². The van der Waals surface area contributed by atoms with Crippen LogP contribution in [0.1, 0.15) is 36.8 Å². The predicted octanol–water partition coefficient (Wildman–Crippen LogP) is 3.70. The van der Waals surface area contributed by atoms with Gasteiger partial charge >= 0.3 is 12.1 Å². The summed E-state index contributed by atoms with van der Waals surface area (Å²) in [5.74, 6) is -0.792. The average Bonchev–Trinajstić information content (AvgIpc) is 3.44. The van der Waals surface area contributed by atoms with E-state index < -0.39 is 18.1 Å². The van der Waals surface area contributed by atoms with Crippen LogP contribution in [0, 0.1) is 0 Å². The average molecular weight is 499 g/mol. The van der Waals surface area contributed by atoms with Gasteiger partial charge in [0, 0.05) is 18.2 Å². The Morgan fingerprint density at radius 2 is 1.71 bits per heavy atom. The van der Waals surface area contributed by atoms with Gasteiger partial charge in [0.2, 0.25) is 5.91 Å². The van der Waals surface area contributed by atoms with Crippen molar-refractivity contribution in [2.75, 3.05) is 32.1 Å². The molecule has 0 radical (unpaired) electrons. The van der Waals surface area contributed by atoms with Crippen LogP contribution in [-0.4, -0.2) is 71.5 Å². The van der Waals surface area contributed by atoms with Crippen molar-refractivity contribution >= 4 is 29.7 Å². The van der Waals surface area contributed by atoms with Gasteiger partial charge in [-0.1, -0.05) is 55.5 Å². The molecular formula is C26H30N2O6S. The second-order valence-corrected chi connectivity index (χ2v) is 9.68. The number of carboxylic acids is 1. The molecule has 9 heteroatoms. The lowest BCUT2D eigenvalue weighted by Gasteiger charge is -2.26. The highest BCUT2D eigenvalue weighted by Gasteiger charge is 2.40. The zero-order valence-corrected chi connectivity index (χ0v) is 20.5. The number of nitrogens with zero attached hydrogens (tertiary/aromatic N) is 1. The summed E-state index contributed by atoms with van der Waals surface area (Å²) in [4.78, 5) is 37.6. The third-order valence-electron chi connectivity index (χ3n) is 6.33. The SMILES string of the molecule is CCC1SCC(C(=O)O)N1C(=O)CCOCCNC(=O)OCC1c2ccccc2-c2ccccc21. The quantitative estimate of drug-likeness (QED) is 0.481. The topological polar surface area (TPSA) is 105 Å². The van der Waals surface area contributed by atoms with Crippen LogP contribution in [0.5, 0.6) is 0 Å². The molecule has 8 nitrogen and oxygen atoms in total. The second-order valence-electron chi connectivity index (χ2n) is 8.47. The Kier molecular flexibility index (Phi) is 8.30. The standard InChI is InChI=1S/C26H30N2O6S/c1-2-24-28(22(16-35-24)25(30)31)23(29)11-13-33-14-12-27-26(32)34-15-21-19-9-5-3-7-17(19)18-8-4-6-10-20(18)21/h3-10,21-22,24H,2,11-16H2,1H3,(H,27,32)(H,30,31). The predicted molar refractivity (Wildman–Crippen MR) is 133 cm³/mol. The molecule has 2 N–H and O–H groups in total. The first kappa shape index (κ1) is 25.1. The number of nitrogens with one attached hydrogen (secondary N) is 1. The van der Waals surface area contributed by atoms with Gasteiger partial charge < -0.3 is 24.8 Å². The Morgan fingerprint density at radius 3 is 2.34 bits per heavy atom. The lowest BCUT2D eigenvalue weighted by atomic mass is 9.98. The summed E-state index contributed by atoms with van der Waals surface area (Å²) in [6.07, 6.45) is 0.285. The Bertz CT molecular complexity index is 1030. The molecule has 1 saturated heterocycles. The van der Waals surface area contributed by atoms with Crippen LogP contribution >= 0.6 is 11.8 Å². The van der Waals surface area contributed by atoms with Gasteiger partial charge in [-0.15, -0.1) is 11.8 Å². The number of hydrogen-bond donors (Lipinski definition) is 2. The molecule has 2 aliphatic rings. The minimum atomic E-state index is -0.977. The van der Waals surface area contributed by atoms with Gasteiger partial charge in [-0.25, -0.2) is 9.59 Å². The largest absolute Gasteiger partial charge is 0.480 e. The highest BCUT2D eigenvalue weighted by Crippen LogP contribution is 2.44. The molecule has 2 aromatic carbocycles. The summed E-state index contributed by atoms with van der Waals surface area (Å²) in [7, 11) is 0. The summed E-state index contributed by atoms with van der Waals surface area (Å²) < 4.78 is 11.0. The first-order valence-electron chi connectivity index (χ1n) is 11.8. The van der Waals surface area contributed by atoms with Gasteiger partial charge in [-0.3, -0.25) is 4.79 Å². The molecule has 0 bridgehead atoms. The first-order chi connectivity index (χ1) is 17.0. The Morgan fingerprint density at radius 1 is 1.06 bits per heavy atom. The minimum absolute atomic E-state index is 0.000683. The number of carbonyl (C=O) groups excluding carboxylic acids is 2. The van der Waals surface area contributed by atoms with E-state index in [9.17, 15) is 19.5 Å². The highest BCUT2D eigenvalue weighted by atomic mass is 32.2. The van der Waals surface area contributed by atoms with Crippen molar-refractivity contribution in [2.45, 2.75) is 37.1 Å². The van der Waals surface area contributed by atoms with Crippen LogP contribution in [0.4, 0.5) is 4.79 Å². The Hall–Kier alpha value is -3.04. The van der Waals surface area contributed by atoms with Gasteiger partial charge in [0.1, 0.15) is 12.6 Å². The summed E-state index contributed by atoms with van der Waals surface area (Å²) in [5.41, 5.74) is 4.66. The fourth-order valence-corrected chi connectivity index (χ4v) is 6.04. The maximum absolute atomic E-state index is 12.5. The minimum Gasteiger partial charge on any atom is -0.480 e. The smallest absolute Gasteiger partial charge is 0.407 e. The van der Waals surface area contributed by atoms with E-state index in [2.05, 4.69) is 29.6 Å². The van der Waals surface area contributed by atoms with Crippen molar-refractivity contribution in [1.29, 1.82) is 0 Å². The van der Waals surface area contributed by atoms with E-state index in [0.717, 1.165) is 11.1 Å². The lowest BCUT2D eigenvalue weighted by Crippen LogP contribution is -2.45. The Balaban J connectivity index is 1.16. The molecule has 2 aromatic rings. The van der Waals surface area contributed by atoms with Crippen molar-refractivity contribution in [1.82, 2.24) is 10.2 Å². The van der Waals surface area contributed by atoms with Gasteiger partial charge in [0.05, 0.1) is 25.0 Å². The van der Waals surface area contributed by atoms with E-state index in [4.69, 9.17) is 9.47 Å². The molecule has 1 fully saturated rings. The lowest BCUT2D eigenvalue weighted by molar-refractivity contribution is -0.149. The molecule has 1 aliphatic carbocycles. The number of carboxylic acid groups (broad SMARTS) is 1. The third kappa shape index (κ3) is 5.62. The molecule has 1 heterocycles. The molecule has 186 valence electrons. The fraction of sp³-hybridized carbons (Fsp3) is 0.423. The summed E-state index contributed by atoms with van der Waals surface area (Å²) in [6, 6.07) is 15.5. The van der Waals surface area contributed by atoms with E-state index in [1.807, 2.05) is 31.2 Å². The van der Waals surface area contributed by atoms with Gasteiger partial charge in [-0.05, 0) is 28.7 Å². The molecule has 2 unspecified atom stereocenters. The maximum atomic E-state index is 12.5. The number of ether oxygens (including phenoxy) is 2. The van der Waals surface area contributed by atoms with E-state index in [-0.39, 0.29) is 50.0 Å². The van der Waals surface area contributed by atoms with Gasteiger partial charge in [0.15, 0.2) is 0 Å². The van der Waals surface area contributed by atoms with Crippen LogP contribution in [0.2, 0.25) is 0 Å². The van der Waals surface area contributed by atoms with Crippen molar-refractivity contribution in [3.8, 4) is 11.1 Å². The molecule has 0 aromatic heterocycles. The number of fused-ring (bicyclic) bond motifs is 3. The number of hydrogen-bond acceptors (Lipinski definition) is 6. The Labute approximate surface area is 209 Å². The van der Waals surface area contributed by atoms with Crippen LogP contribution in [0.15, 0.2) is 48.5 Å². The molecule has 1 aliphatic heterocycles. The number of carbonyl (C=O) groups is 3. The van der Waals surface area contributed by atoms with Crippen LogP contribution < -0.4 is 5.32 Å². The molecular weight excluding hydrogens is 468 g/mol. The summed E-state index contributed by atoms with van der Waals surface area (Å²) in [5, 5.41) is 11.9. The van der Waals surface area contributed by atoms with Crippen LogP contribution in [0.25, 0.3) is 11.1 Å². The zero-order chi connectivity index (χ0) is 24.8. The highest BCUT2D eigenvalue weighted by molar-refractivity contribution is 8.00. The number of benzene rings is 2. The van der Waals surface area contributed by atoms with Crippen LogP contribution in [-0.2, 0) is 19.1 Å². The number of amides is 2. The molecule has 0 spiro atoms. The third-order valence-corrected chi connectivity index (χ3v) is 7.79. The molecule has 0 saturated carbocycles. The fourth-order valence-electron chi connectivity index (χ4n) is 4.67. The maximum Gasteiger partial charge on any atom is 0.407 e. The van der Waals surface area contributed by atoms with E-state index in [0.29, 0.717) is 12.2 Å². The summed E-state index contributed by atoms with van der Waals surface area (Å²) >= 11 is 1.49. The number of alkyl carbamates (subject to hydrolysis) is 1. The number of aliphatic carboxylic acids is 1. The van der Waals surface area contributed by atoms with Gasteiger partial charge in [-0.2, -0.15) is 0 Å². The van der Waals surface area contributed by atoms with Crippen molar-refractivity contribution in [3.63, 3.8) is 0 Å². The molecule has 2 amide bonds. The normalized spacial score (nSPS) is 18.7. The van der Waals surface area contributed by atoms with Crippen molar-refractivity contribution in [2.24, 2.45) is 0 Å². The van der Waals surface area contributed by atoms with Crippen molar-refractivity contribution in [3.05, 3.63) is 59.7 Å². The second kappa shape index (κ2) is 11.6. The van der Waals surface area contributed by atoms with Gasteiger partial charge in [0.25, 0.3) is 0 Å². The molecule has 4 rings (SSSR count). The zero-order valence-electron chi connectivity index (χ0n) is 19.6. The molecule has 35 heavy (non-hydrogen) atoms. The monoisotopic (exact) mass is 498 g/mol. The first-order valence-corrected chi connectivity index (χ1v) is 12.9. The van der Waals surface area contributed by atoms with E-state index >= 15 is 0 Å². The van der Waals surface area contributed by atoms with Crippen LogP contribution in [0.3, 0.4) is 0 Å². The number of rotatable bonds is 10. The molecule has 2 atom stereocenters. The number of thioether (sulfide) groups is 1.